The van der Waals surface area contributed by atoms with Crippen LogP contribution in [0.5, 0.6) is 0 Å². The van der Waals surface area contributed by atoms with Gasteiger partial charge in [0.2, 0.25) is 0 Å². The van der Waals surface area contributed by atoms with E-state index in [1.807, 2.05) is 37.3 Å². The molecule has 0 aliphatic rings. The average Bonchev–Trinajstić information content (AvgIpc) is 3.20. The fraction of sp³-hybridized carbons (Fsp3) is 0.160. The Morgan fingerprint density at radius 3 is 2.36 bits per heavy atom. The smallest absolute Gasteiger partial charge is 0.283 e. The summed E-state index contributed by atoms with van der Waals surface area (Å²) in [7, 11) is 0. The number of halogens is 2. The van der Waals surface area contributed by atoms with Crippen LogP contribution >= 0.6 is 11.8 Å². The number of imidazole rings is 1. The maximum Gasteiger partial charge on any atom is 0.320 e. The van der Waals surface area contributed by atoms with E-state index >= 15 is 0 Å². The average molecular weight is 463 g/mol. The molecule has 0 fully saturated rings. The van der Waals surface area contributed by atoms with Crippen molar-refractivity contribution in [3.63, 3.8) is 0 Å². The Hall–Kier alpha value is -3.52. The fourth-order valence-electron chi connectivity index (χ4n) is 3.82. The maximum absolute atomic E-state index is 13.8. The largest absolute Gasteiger partial charge is 0.320 e. The summed E-state index contributed by atoms with van der Waals surface area (Å²) in [4.78, 5) is 22.4. The first-order valence-corrected chi connectivity index (χ1v) is 11.4. The molecule has 5 nitrogen and oxygen atoms in total. The number of fused-ring (bicyclic) bond motifs is 2. The predicted octanol–water partition coefficient (Wildman–Crippen LogP) is 5.79. The molecule has 0 saturated heterocycles. The topological polar surface area (TPSA) is 52.7 Å². The fourth-order valence-corrected chi connectivity index (χ4v) is 4.74. The second-order valence-electron chi connectivity index (χ2n) is 7.74. The Bertz CT molecular complexity index is 1510. The van der Waals surface area contributed by atoms with Crippen molar-refractivity contribution >= 4 is 33.7 Å². The Balaban J connectivity index is 1.56. The van der Waals surface area contributed by atoms with Gasteiger partial charge >= 0.3 is 6.55 Å². The van der Waals surface area contributed by atoms with Crippen LogP contribution in [-0.4, -0.2) is 19.1 Å². The first kappa shape index (κ1) is 21.3. The van der Waals surface area contributed by atoms with Crippen LogP contribution in [0.4, 0.5) is 8.78 Å². The minimum atomic E-state index is -2.72. The van der Waals surface area contributed by atoms with Gasteiger partial charge < -0.3 is 0 Å². The van der Waals surface area contributed by atoms with Crippen molar-refractivity contribution < 1.29 is 8.78 Å². The van der Waals surface area contributed by atoms with E-state index in [0.717, 1.165) is 15.7 Å². The summed E-state index contributed by atoms with van der Waals surface area (Å²) < 4.78 is 30.2. The molecule has 0 radical (unpaired) electrons. The molecule has 0 saturated carbocycles. The first-order valence-electron chi connectivity index (χ1n) is 10.4. The summed E-state index contributed by atoms with van der Waals surface area (Å²) in [5.41, 5.74) is 3.40. The van der Waals surface area contributed by atoms with Crippen molar-refractivity contribution in [1.82, 2.24) is 19.1 Å². The number of para-hydroxylation sites is 3. The number of aromatic nitrogens is 4. The van der Waals surface area contributed by atoms with Gasteiger partial charge in [-0.25, -0.2) is 9.97 Å². The van der Waals surface area contributed by atoms with E-state index in [1.54, 1.807) is 47.0 Å². The molecule has 0 aliphatic carbocycles. The number of hydrogen-bond donors (Lipinski definition) is 0. The third-order valence-corrected chi connectivity index (χ3v) is 6.45. The van der Waals surface area contributed by atoms with E-state index in [0.29, 0.717) is 33.6 Å². The Morgan fingerprint density at radius 1 is 0.909 bits per heavy atom. The van der Waals surface area contributed by atoms with Gasteiger partial charge in [0.05, 0.1) is 34.2 Å². The number of thioether (sulfide) groups is 1. The molecule has 5 aromatic rings. The van der Waals surface area contributed by atoms with Gasteiger partial charge in [0.25, 0.3) is 5.56 Å². The van der Waals surface area contributed by atoms with E-state index in [4.69, 9.17) is 4.98 Å². The Kier molecular flexibility index (Phi) is 5.68. The zero-order valence-corrected chi connectivity index (χ0v) is 18.6. The van der Waals surface area contributed by atoms with E-state index in [9.17, 15) is 13.6 Å². The van der Waals surface area contributed by atoms with Crippen LogP contribution in [0.2, 0.25) is 0 Å². The van der Waals surface area contributed by atoms with Crippen LogP contribution < -0.4 is 5.56 Å². The lowest BCUT2D eigenvalue weighted by molar-refractivity contribution is 0.0722. The lowest BCUT2D eigenvalue weighted by atomic mass is 10.1. The van der Waals surface area contributed by atoms with Gasteiger partial charge in [-0.05, 0) is 36.8 Å². The highest BCUT2D eigenvalue weighted by atomic mass is 32.2. The second kappa shape index (κ2) is 8.78. The summed E-state index contributed by atoms with van der Waals surface area (Å²) >= 11 is 1.23. The van der Waals surface area contributed by atoms with E-state index in [-0.39, 0.29) is 17.1 Å². The van der Waals surface area contributed by atoms with Crippen LogP contribution in [0.1, 0.15) is 23.5 Å². The predicted molar refractivity (Wildman–Crippen MR) is 127 cm³/mol. The van der Waals surface area contributed by atoms with Crippen LogP contribution in [0.15, 0.2) is 82.7 Å². The van der Waals surface area contributed by atoms with Crippen molar-refractivity contribution in [2.24, 2.45) is 0 Å². The molecule has 0 atom stereocenters. The molecule has 5 rings (SSSR count). The van der Waals surface area contributed by atoms with Crippen molar-refractivity contribution in [2.75, 3.05) is 0 Å². The van der Waals surface area contributed by atoms with Gasteiger partial charge in [-0.2, -0.15) is 8.78 Å². The molecular weight excluding hydrogens is 442 g/mol. The van der Waals surface area contributed by atoms with Crippen molar-refractivity contribution in [3.8, 4) is 0 Å². The number of aryl methyl sites for hydroxylation is 1. The SMILES string of the molecule is Cc1ccc(Cn2c(SCc3nc4ccccc4n3C(F)F)nc3ccccc3c2=O)cc1. The third-order valence-electron chi connectivity index (χ3n) is 5.48. The van der Waals surface area contributed by atoms with Crippen molar-refractivity contribution in [2.45, 2.75) is 30.9 Å². The van der Waals surface area contributed by atoms with Crippen LogP contribution in [0.3, 0.4) is 0 Å². The summed E-state index contributed by atoms with van der Waals surface area (Å²) in [5, 5.41) is 0.987. The molecule has 0 unspecified atom stereocenters. The number of benzene rings is 3. The number of nitrogens with zero attached hydrogens (tertiary/aromatic N) is 4. The highest BCUT2D eigenvalue weighted by Gasteiger charge is 2.19. The number of alkyl halides is 2. The van der Waals surface area contributed by atoms with E-state index in [2.05, 4.69) is 4.98 Å². The van der Waals surface area contributed by atoms with Crippen LogP contribution in [0, 0.1) is 6.92 Å². The van der Waals surface area contributed by atoms with Gasteiger partial charge in [-0.15, -0.1) is 0 Å². The Labute approximate surface area is 192 Å². The molecule has 0 bridgehead atoms. The van der Waals surface area contributed by atoms with E-state index < -0.39 is 6.55 Å². The third kappa shape index (κ3) is 4.14. The molecule has 0 amide bonds. The lowest BCUT2D eigenvalue weighted by Gasteiger charge is -2.14. The zero-order valence-electron chi connectivity index (χ0n) is 17.8. The van der Waals surface area contributed by atoms with Crippen molar-refractivity contribution in [3.05, 3.63) is 100 Å². The first-order chi connectivity index (χ1) is 16.0. The van der Waals surface area contributed by atoms with Gasteiger partial charge in [-0.3, -0.25) is 13.9 Å². The molecule has 0 aliphatic heterocycles. The van der Waals surface area contributed by atoms with E-state index in [1.165, 1.54) is 11.8 Å². The minimum Gasteiger partial charge on any atom is -0.283 e. The molecule has 2 heterocycles. The lowest BCUT2D eigenvalue weighted by Crippen LogP contribution is -2.24. The molecule has 3 aromatic carbocycles. The van der Waals surface area contributed by atoms with Crippen LogP contribution in [-0.2, 0) is 12.3 Å². The monoisotopic (exact) mass is 462 g/mol. The molecule has 8 heteroatoms. The van der Waals surface area contributed by atoms with Crippen molar-refractivity contribution in [1.29, 1.82) is 0 Å². The summed E-state index contributed by atoms with van der Waals surface area (Å²) in [6.07, 6.45) is 0. The molecular formula is C25H20F2N4OS. The quantitative estimate of drug-likeness (QED) is 0.237. The van der Waals surface area contributed by atoms with Crippen LogP contribution in [0.25, 0.3) is 21.9 Å². The van der Waals surface area contributed by atoms with Gasteiger partial charge in [0, 0.05) is 0 Å². The van der Waals surface area contributed by atoms with Gasteiger partial charge in [-0.1, -0.05) is 65.9 Å². The molecule has 0 N–H and O–H groups in total. The highest BCUT2D eigenvalue weighted by Crippen LogP contribution is 2.28. The second-order valence-corrected chi connectivity index (χ2v) is 8.68. The number of rotatable bonds is 6. The highest BCUT2D eigenvalue weighted by molar-refractivity contribution is 7.98. The van der Waals surface area contributed by atoms with Gasteiger partial charge in [0.1, 0.15) is 5.82 Å². The normalized spacial score (nSPS) is 11.6. The summed E-state index contributed by atoms with van der Waals surface area (Å²) in [6.45, 7) is -0.374. The molecule has 0 spiro atoms. The summed E-state index contributed by atoms with van der Waals surface area (Å²) in [6, 6.07) is 21.9. The minimum absolute atomic E-state index is 0.150. The molecule has 33 heavy (non-hydrogen) atoms. The van der Waals surface area contributed by atoms with Gasteiger partial charge in [0.15, 0.2) is 5.16 Å². The zero-order chi connectivity index (χ0) is 22.9. The number of hydrogen-bond acceptors (Lipinski definition) is 4. The summed E-state index contributed by atoms with van der Waals surface area (Å²) in [5.74, 6) is 0.387. The molecule has 166 valence electrons. The maximum atomic E-state index is 13.8. The Morgan fingerprint density at radius 2 is 1.61 bits per heavy atom. The standard InChI is InChI=1S/C25H20F2N4OS/c1-16-10-12-17(13-11-16)14-30-23(32)18-6-2-3-7-19(18)29-25(30)33-15-22-28-20-8-4-5-9-21(20)31(22)24(26)27/h2-13,24H,14-15H2,1H3. The molecule has 2 aromatic heterocycles.